The predicted molar refractivity (Wildman–Crippen MR) is 84.8 cm³/mol. The van der Waals surface area contributed by atoms with Crippen LogP contribution in [0.25, 0.3) is 0 Å². The van der Waals surface area contributed by atoms with Crippen LogP contribution in [0, 0.1) is 0 Å². The normalized spacial score (nSPS) is 19.8. The van der Waals surface area contributed by atoms with Gasteiger partial charge in [0, 0.05) is 17.7 Å². The van der Waals surface area contributed by atoms with Crippen molar-refractivity contribution in [1.82, 2.24) is 9.78 Å². The van der Waals surface area contributed by atoms with E-state index in [1.165, 1.54) is 6.20 Å². The molecular weight excluding hydrogens is 292 g/mol. The van der Waals surface area contributed by atoms with Crippen molar-refractivity contribution < 1.29 is 9.59 Å². The minimum absolute atomic E-state index is 0.134. The molecule has 0 spiro atoms. The van der Waals surface area contributed by atoms with Gasteiger partial charge in [0.2, 0.25) is 0 Å². The Morgan fingerprint density at radius 2 is 2.04 bits per heavy atom. The van der Waals surface area contributed by atoms with Gasteiger partial charge < -0.3 is 11.1 Å². The van der Waals surface area contributed by atoms with Crippen LogP contribution in [0.2, 0.25) is 0 Å². The van der Waals surface area contributed by atoms with Gasteiger partial charge in [0.15, 0.2) is 5.78 Å². The summed E-state index contributed by atoms with van der Waals surface area (Å²) in [5.41, 5.74) is 8.38. The summed E-state index contributed by atoms with van der Waals surface area (Å²) in [6.07, 6.45) is 3.60. The van der Waals surface area contributed by atoms with Crippen molar-refractivity contribution in [2.24, 2.45) is 5.73 Å². The minimum atomic E-state index is -0.531. The SMILES string of the molecule is NC(=O)c1cnn2c1NC1=C(C(=O)CCC1)C2c1ccccc1. The minimum Gasteiger partial charge on any atom is -0.365 e. The van der Waals surface area contributed by atoms with Gasteiger partial charge in [-0.3, -0.25) is 9.59 Å². The number of amides is 1. The van der Waals surface area contributed by atoms with E-state index >= 15 is 0 Å². The van der Waals surface area contributed by atoms with Crippen molar-refractivity contribution in [3.05, 3.63) is 58.9 Å². The van der Waals surface area contributed by atoms with Gasteiger partial charge in [0.05, 0.1) is 6.20 Å². The molecule has 0 radical (unpaired) electrons. The number of rotatable bonds is 2. The van der Waals surface area contributed by atoms with Crippen LogP contribution in [0.4, 0.5) is 5.82 Å². The number of benzene rings is 1. The molecule has 1 amide bonds. The number of primary amides is 1. The molecule has 2 heterocycles. The summed E-state index contributed by atoms with van der Waals surface area (Å²) in [6.45, 7) is 0. The zero-order valence-electron chi connectivity index (χ0n) is 12.5. The molecule has 23 heavy (non-hydrogen) atoms. The first-order valence-corrected chi connectivity index (χ1v) is 7.62. The monoisotopic (exact) mass is 308 g/mol. The molecule has 2 aromatic rings. The highest BCUT2D eigenvalue weighted by Gasteiger charge is 2.37. The zero-order chi connectivity index (χ0) is 16.0. The van der Waals surface area contributed by atoms with Gasteiger partial charge in [-0.2, -0.15) is 5.10 Å². The number of Topliss-reactive ketones (excluding diaryl/α,β-unsaturated/α-hetero) is 1. The number of hydrogen-bond acceptors (Lipinski definition) is 4. The Morgan fingerprint density at radius 1 is 1.26 bits per heavy atom. The number of ketones is 1. The van der Waals surface area contributed by atoms with Crippen LogP contribution in [0.15, 0.2) is 47.8 Å². The molecular formula is C17H16N4O2. The maximum atomic E-state index is 12.5. The van der Waals surface area contributed by atoms with Crippen LogP contribution in [-0.2, 0) is 4.79 Å². The second-order valence-corrected chi connectivity index (χ2v) is 5.82. The summed E-state index contributed by atoms with van der Waals surface area (Å²) < 4.78 is 1.69. The molecule has 0 saturated carbocycles. The molecule has 4 rings (SSSR count). The average Bonchev–Trinajstić information content (AvgIpc) is 2.97. The lowest BCUT2D eigenvalue weighted by atomic mass is 9.85. The third-order valence-electron chi connectivity index (χ3n) is 4.42. The van der Waals surface area contributed by atoms with Gasteiger partial charge in [-0.15, -0.1) is 0 Å². The Labute approximate surface area is 133 Å². The lowest BCUT2D eigenvalue weighted by molar-refractivity contribution is -0.116. The van der Waals surface area contributed by atoms with Crippen LogP contribution >= 0.6 is 0 Å². The van der Waals surface area contributed by atoms with Crippen LogP contribution in [0.3, 0.4) is 0 Å². The molecule has 1 unspecified atom stereocenters. The molecule has 0 fully saturated rings. The molecule has 6 heteroatoms. The molecule has 1 atom stereocenters. The molecule has 2 aliphatic rings. The molecule has 1 aromatic carbocycles. The topological polar surface area (TPSA) is 90.0 Å². The first-order chi connectivity index (χ1) is 11.2. The average molecular weight is 308 g/mol. The Morgan fingerprint density at radius 3 is 2.78 bits per heavy atom. The van der Waals surface area contributed by atoms with Gasteiger partial charge in [-0.05, 0) is 18.4 Å². The largest absolute Gasteiger partial charge is 0.365 e. The highest BCUT2D eigenvalue weighted by Crippen LogP contribution is 2.41. The standard InChI is InChI=1S/C17H16N4O2/c18-16(23)11-9-19-21-15(10-5-2-1-3-6-10)14-12(20-17(11)21)7-4-8-13(14)22/h1-3,5-6,9,15,20H,4,7-8H2,(H2,18,23). The number of nitrogens with zero attached hydrogens (tertiary/aromatic N) is 2. The highest BCUT2D eigenvalue weighted by atomic mass is 16.1. The number of anilines is 1. The fraction of sp³-hybridized carbons (Fsp3) is 0.235. The van der Waals surface area contributed by atoms with Crippen molar-refractivity contribution in [2.45, 2.75) is 25.3 Å². The number of aromatic nitrogens is 2. The van der Waals surface area contributed by atoms with Gasteiger partial charge >= 0.3 is 0 Å². The van der Waals surface area contributed by atoms with E-state index in [1.54, 1.807) is 4.68 Å². The first kappa shape index (κ1) is 13.8. The van der Waals surface area contributed by atoms with Gasteiger partial charge in [-0.25, -0.2) is 4.68 Å². The molecule has 1 aliphatic heterocycles. The summed E-state index contributed by atoms with van der Waals surface area (Å²) in [7, 11) is 0. The molecule has 3 N–H and O–H groups in total. The van der Waals surface area contributed by atoms with E-state index < -0.39 is 5.91 Å². The van der Waals surface area contributed by atoms with E-state index in [0.29, 0.717) is 17.8 Å². The second kappa shape index (κ2) is 5.08. The fourth-order valence-corrected chi connectivity index (χ4v) is 3.38. The molecule has 0 saturated heterocycles. The predicted octanol–water partition coefficient (Wildman–Crippen LogP) is 2.00. The number of allylic oxidation sites excluding steroid dienone is 2. The number of nitrogens with one attached hydrogen (secondary N) is 1. The summed E-state index contributed by atoms with van der Waals surface area (Å²) >= 11 is 0. The Balaban J connectivity index is 1.95. The number of nitrogens with two attached hydrogens (primary N) is 1. The molecule has 6 nitrogen and oxygen atoms in total. The Kier molecular flexibility index (Phi) is 3.04. The van der Waals surface area contributed by atoms with E-state index in [-0.39, 0.29) is 11.8 Å². The summed E-state index contributed by atoms with van der Waals surface area (Å²) in [5, 5.41) is 7.55. The van der Waals surface area contributed by atoms with E-state index in [1.807, 2.05) is 30.3 Å². The number of carbonyl (C=O) groups is 2. The van der Waals surface area contributed by atoms with Gasteiger partial charge in [-0.1, -0.05) is 30.3 Å². The quantitative estimate of drug-likeness (QED) is 0.888. The maximum absolute atomic E-state index is 12.5. The third kappa shape index (κ3) is 2.06. The van der Waals surface area contributed by atoms with Gasteiger partial charge in [0.1, 0.15) is 17.4 Å². The van der Waals surface area contributed by atoms with E-state index in [9.17, 15) is 9.59 Å². The molecule has 116 valence electrons. The second-order valence-electron chi connectivity index (χ2n) is 5.82. The fourth-order valence-electron chi connectivity index (χ4n) is 3.38. The van der Waals surface area contributed by atoms with E-state index in [2.05, 4.69) is 10.4 Å². The molecule has 1 aliphatic carbocycles. The Bertz CT molecular complexity index is 836. The highest BCUT2D eigenvalue weighted by molar-refractivity contribution is 6.02. The lowest BCUT2D eigenvalue weighted by Gasteiger charge is -2.33. The van der Waals surface area contributed by atoms with Crippen molar-refractivity contribution in [3.63, 3.8) is 0 Å². The van der Waals surface area contributed by atoms with Crippen LogP contribution in [-0.4, -0.2) is 21.5 Å². The number of fused-ring (bicyclic) bond motifs is 1. The van der Waals surface area contributed by atoms with Crippen LogP contribution in [0.5, 0.6) is 0 Å². The smallest absolute Gasteiger partial charge is 0.254 e. The van der Waals surface area contributed by atoms with Crippen molar-refractivity contribution >= 4 is 17.5 Å². The summed E-state index contributed by atoms with van der Waals surface area (Å²) in [4.78, 5) is 24.2. The van der Waals surface area contributed by atoms with Crippen molar-refractivity contribution in [1.29, 1.82) is 0 Å². The lowest BCUT2D eigenvalue weighted by Crippen LogP contribution is -2.32. The zero-order valence-corrected chi connectivity index (χ0v) is 12.5. The maximum Gasteiger partial charge on any atom is 0.254 e. The Hall–Kier alpha value is -2.89. The van der Waals surface area contributed by atoms with E-state index in [0.717, 1.165) is 29.7 Å². The number of carbonyl (C=O) groups excluding carboxylic acids is 2. The molecule has 1 aromatic heterocycles. The number of hydrogen-bond donors (Lipinski definition) is 2. The van der Waals surface area contributed by atoms with Crippen LogP contribution in [0.1, 0.15) is 41.2 Å². The van der Waals surface area contributed by atoms with E-state index in [4.69, 9.17) is 5.73 Å². The summed E-state index contributed by atoms with van der Waals surface area (Å²) in [5.74, 6) is 0.172. The van der Waals surface area contributed by atoms with Crippen LogP contribution < -0.4 is 11.1 Å². The van der Waals surface area contributed by atoms with Crippen molar-refractivity contribution in [2.75, 3.05) is 5.32 Å². The van der Waals surface area contributed by atoms with Gasteiger partial charge in [0.25, 0.3) is 5.91 Å². The molecule has 0 bridgehead atoms. The summed E-state index contributed by atoms with van der Waals surface area (Å²) in [6, 6.07) is 9.42. The first-order valence-electron chi connectivity index (χ1n) is 7.62. The third-order valence-corrected chi connectivity index (χ3v) is 4.42. The van der Waals surface area contributed by atoms with Crippen molar-refractivity contribution in [3.8, 4) is 0 Å².